The number of carbonyl (C=O) groups is 1. The predicted molar refractivity (Wildman–Crippen MR) is 114 cm³/mol. The van der Waals surface area contributed by atoms with Crippen molar-refractivity contribution < 1.29 is 9.53 Å². The summed E-state index contributed by atoms with van der Waals surface area (Å²) in [6.07, 6.45) is 3.03. The number of nitrogens with zero attached hydrogens (tertiary/aromatic N) is 3. The summed E-state index contributed by atoms with van der Waals surface area (Å²) in [5.74, 6) is 1.88. The topological polar surface area (TPSA) is 69.2 Å². The van der Waals surface area contributed by atoms with E-state index in [4.69, 9.17) is 4.74 Å². The molecule has 1 heterocycles. The van der Waals surface area contributed by atoms with Crippen molar-refractivity contribution in [1.82, 2.24) is 20.4 Å². The van der Waals surface area contributed by atoms with Crippen molar-refractivity contribution in [2.45, 2.75) is 38.8 Å². The van der Waals surface area contributed by atoms with Crippen LogP contribution in [0.2, 0.25) is 0 Å². The van der Waals surface area contributed by atoms with Gasteiger partial charge in [-0.1, -0.05) is 18.2 Å². The number of likely N-dealkylation sites (tertiary alicyclic amines) is 1. The molecule has 2 N–H and O–H groups in total. The van der Waals surface area contributed by atoms with Gasteiger partial charge in [-0.3, -0.25) is 9.69 Å². The Bertz CT molecular complexity index is 647. The quantitative estimate of drug-likeness (QED) is 0.382. The highest BCUT2D eigenvalue weighted by atomic mass is 16.5. The zero-order valence-corrected chi connectivity index (χ0v) is 17.7. The maximum Gasteiger partial charge on any atom is 0.239 e. The fourth-order valence-corrected chi connectivity index (χ4v) is 3.50. The van der Waals surface area contributed by atoms with Gasteiger partial charge in [0.2, 0.25) is 5.91 Å². The molecule has 2 rings (SSSR count). The molecular formula is C21H35N5O2. The lowest BCUT2D eigenvalue weighted by Crippen LogP contribution is -2.44. The molecule has 7 heteroatoms. The first-order valence-corrected chi connectivity index (χ1v) is 10.2. The smallest absolute Gasteiger partial charge is 0.239 e. The molecule has 28 heavy (non-hydrogen) atoms. The van der Waals surface area contributed by atoms with Crippen LogP contribution in [0.25, 0.3) is 0 Å². The van der Waals surface area contributed by atoms with E-state index in [0.29, 0.717) is 6.54 Å². The molecule has 1 atom stereocenters. The van der Waals surface area contributed by atoms with Crippen LogP contribution < -0.4 is 15.4 Å². The fraction of sp³-hybridized carbons (Fsp3) is 0.619. The summed E-state index contributed by atoms with van der Waals surface area (Å²) >= 11 is 0. The van der Waals surface area contributed by atoms with Gasteiger partial charge in [-0.2, -0.15) is 0 Å². The molecule has 1 unspecified atom stereocenters. The molecule has 0 radical (unpaired) electrons. The second-order valence-corrected chi connectivity index (χ2v) is 7.21. The number of hydrogen-bond donors (Lipinski definition) is 2. The second kappa shape index (κ2) is 11.5. The number of aliphatic imine (C=N–C) groups is 1. The Morgan fingerprint density at radius 1 is 1.32 bits per heavy atom. The minimum atomic E-state index is 0.0439. The highest BCUT2D eigenvalue weighted by Crippen LogP contribution is 2.19. The van der Waals surface area contributed by atoms with E-state index in [-0.39, 0.29) is 11.9 Å². The molecule has 1 saturated heterocycles. The van der Waals surface area contributed by atoms with E-state index >= 15 is 0 Å². The minimum absolute atomic E-state index is 0.0439. The first-order chi connectivity index (χ1) is 13.6. The summed E-state index contributed by atoms with van der Waals surface area (Å²) in [7, 11) is 5.35. The van der Waals surface area contributed by atoms with Crippen LogP contribution in [0, 0.1) is 0 Å². The molecule has 1 aliphatic heterocycles. The van der Waals surface area contributed by atoms with E-state index < -0.39 is 0 Å². The minimum Gasteiger partial charge on any atom is -0.496 e. The van der Waals surface area contributed by atoms with Crippen LogP contribution in [0.1, 0.15) is 31.7 Å². The number of carbonyl (C=O) groups excluding carboxylic acids is 1. The van der Waals surface area contributed by atoms with Gasteiger partial charge in [-0.15, -0.1) is 0 Å². The van der Waals surface area contributed by atoms with E-state index in [2.05, 4.69) is 27.4 Å². The van der Waals surface area contributed by atoms with E-state index in [0.717, 1.165) is 62.7 Å². The van der Waals surface area contributed by atoms with E-state index in [1.807, 2.05) is 38.4 Å². The number of ether oxygens (including phenoxy) is 1. The SMILES string of the molecule is CCNC(=NCc1ccccc1OC)NCCCN1CCCC1C(=O)N(C)C. The van der Waals surface area contributed by atoms with Crippen molar-refractivity contribution in [3.63, 3.8) is 0 Å². The summed E-state index contributed by atoms with van der Waals surface area (Å²) in [5, 5.41) is 6.68. The first kappa shape index (κ1) is 22.0. The third-order valence-corrected chi connectivity index (χ3v) is 4.95. The van der Waals surface area contributed by atoms with Gasteiger partial charge in [0.25, 0.3) is 0 Å². The van der Waals surface area contributed by atoms with Gasteiger partial charge >= 0.3 is 0 Å². The molecule has 156 valence electrons. The van der Waals surface area contributed by atoms with Crippen LogP contribution in [0.5, 0.6) is 5.75 Å². The average molecular weight is 390 g/mol. The number of rotatable bonds is 9. The van der Waals surface area contributed by atoms with Gasteiger partial charge in [-0.25, -0.2) is 4.99 Å². The maximum atomic E-state index is 12.3. The number of hydrogen-bond acceptors (Lipinski definition) is 4. The molecule has 0 bridgehead atoms. The van der Waals surface area contributed by atoms with Gasteiger partial charge in [0.1, 0.15) is 5.75 Å². The molecule has 1 amide bonds. The number of para-hydroxylation sites is 1. The lowest BCUT2D eigenvalue weighted by molar-refractivity contribution is -0.133. The summed E-state index contributed by atoms with van der Waals surface area (Å²) < 4.78 is 5.39. The summed E-state index contributed by atoms with van der Waals surface area (Å²) in [6.45, 7) is 6.17. The number of guanidine groups is 1. The largest absolute Gasteiger partial charge is 0.496 e. The lowest BCUT2D eigenvalue weighted by atomic mass is 10.2. The van der Waals surface area contributed by atoms with E-state index in [9.17, 15) is 4.79 Å². The fourth-order valence-electron chi connectivity index (χ4n) is 3.50. The van der Waals surface area contributed by atoms with Crippen molar-refractivity contribution >= 4 is 11.9 Å². The molecule has 0 aromatic heterocycles. The summed E-state index contributed by atoms with van der Waals surface area (Å²) in [4.78, 5) is 21.0. The van der Waals surface area contributed by atoms with Gasteiger partial charge in [0, 0.05) is 39.3 Å². The highest BCUT2D eigenvalue weighted by Gasteiger charge is 2.30. The molecule has 0 aliphatic carbocycles. The summed E-state index contributed by atoms with van der Waals surface area (Å²) in [6, 6.07) is 7.98. The molecule has 1 aromatic carbocycles. The van der Waals surface area contributed by atoms with Crippen molar-refractivity contribution in [1.29, 1.82) is 0 Å². The summed E-state index contributed by atoms with van der Waals surface area (Å²) in [5.41, 5.74) is 1.06. The monoisotopic (exact) mass is 389 g/mol. The second-order valence-electron chi connectivity index (χ2n) is 7.21. The van der Waals surface area contributed by atoms with Crippen LogP contribution in [0.4, 0.5) is 0 Å². The zero-order chi connectivity index (χ0) is 20.4. The number of methoxy groups -OCH3 is 1. The maximum absolute atomic E-state index is 12.3. The Morgan fingerprint density at radius 2 is 2.11 bits per heavy atom. The Morgan fingerprint density at radius 3 is 2.82 bits per heavy atom. The van der Waals surface area contributed by atoms with E-state index in [1.54, 1.807) is 12.0 Å². The van der Waals surface area contributed by atoms with Crippen molar-refractivity contribution in [2.24, 2.45) is 4.99 Å². The van der Waals surface area contributed by atoms with Crippen LogP contribution in [-0.2, 0) is 11.3 Å². The third kappa shape index (κ3) is 6.41. The number of amides is 1. The van der Waals surface area contributed by atoms with Crippen LogP contribution >= 0.6 is 0 Å². The van der Waals surface area contributed by atoms with Crippen LogP contribution in [-0.4, -0.2) is 75.1 Å². The van der Waals surface area contributed by atoms with Crippen molar-refractivity contribution in [3.8, 4) is 5.75 Å². The lowest BCUT2D eigenvalue weighted by Gasteiger charge is -2.26. The molecule has 1 aliphatic rings. The van der Waals surface area contributed by atoms with Gasteiger partial charge in [-0.05, 0) is 38.8 Å². The molecule has 7 nitrogen and oxygen atoms in total. The third-order valence-electron chi connectivity index (χ3n) is 4.95. The average Bonchev–Trinajstić information content (AvgIpc) is 3.17. The number of benzene rings is 1. The van der Waals surface area contributed by atoms with Crippen molar-refractivity contribution in [2.75, 3.05) is 47.4 Å². The molecule has 0 saturated carbocycles. The Kier molecular flexibility index (Phi) is 9.07. The normalized spacial score (nSPS) is 17.4. The molecule has 0 spiro atoms. The van der Waals surface area contributed by atoms with Crippen LogP contribution in [0.3, 0.4) is 0 Å². The number of nitrogens with one attached hydrogen (secondary N) is 2. The number of likely N-dealkylation sites (N-methyl/N-ethyl adjacent to an activating group) is 1. The molecule has 1 aromatic rings. The zero-order valence-electron chi connectivity index (χ0n) is 17.7. The van der Waals surface area contributed by atoms with E-state index in [1.165, 1.54) is 0 Å². The predicted octanol–water partition coefficient (Wildman–Crippen LogP) is 1.69. The Hall–Kier alpha value is -2.28. The Labute approximate surface area is 169 Å². The first-order valence-electron chi connectivity index (χ1n) is 10.2. The van der Waals surface area contributed by atoms with Gasteiger partial charge < -0.3 is 20.3 Å². The van der Waals surface area contributed by atoms with Gasteiger partial charge in [0.05, 0.1) is 19.7 Å². The molecule has 1 fully saturated rings. The van der Waals surface area contributed by atoms with Crippen LogP contribution in [0.15, 0.2) is 29.3 Å². The highest BCUT2D eigenvalue weighted by molar-refractivity contribution is 5.81. The Balaban J connectivity index is 1.82. The standard InChI is InChI=1S/C21H35N5O2/c1-5-22-21(24-16-17-10-6-7-12-19(17)28-4)23-13-9-15-26-14-8-11-18(26)20(27)25(2)3/h6-7,10,12,18H,5,8-9,11,13-16H2,1-4H3,(H2,22,23,24). The van der Waals surface area contributed by atoms with Gasteiger partial charge in [0.15, 0.2) is 5.96 Å². The van der Waals surface area contributed by atoms with Crippen molar-refractivity contribution in [3.05, 3.63) is 29.8 Å². The molecular weight excluding hydrogens is 354 g/mol.